The van der Waals surface area contributed by atoms with Crippen LogP contribution in [0, 0.1) is 12.7 Å². The molecule has 0 aliphatic rings. The molecule has 0 spiro atoms. The minimum atomic E-state index is -0.600. The highest BCUT2D eigenvalue weighted by atomic mass is 32.1. The predicted molar refractivity (Wildman–Crippen MR) is 155 cm³/mol. The zero-order valence-corrected chi connectivity index (χ0v) is 22.7. The SMILES string of the molecule is COc1ccc(Cn2nc(C)c3c(Oc4ccc(NC(=S)NC(=O)Cc5ccccc5)cc4F)ccnc32)cc1. The number of halogens is 1. The van der Waals surface area contributed by atoms with Crippen molar-refractivity contribution in [2.45, 2.75) is 19.9 Å². The van der Waals surface area contributed by atoms with Crippen molar-refractivity contribution in [1.82, 2.24) is 20.1 Å². The lowest BCUT2D eigenvalue weighted by Crippen LogP contribution is -2.35. The summed E-state index contributed by atoms with van der Waals surface area (Å²) in [6.07, 6.45) is 1.79. The normalized spacial score (nSPS) is 10.8. The van der Waals surface area contributed by atoms with Gasteiger partial charge in [-0.05, 0) is 60.6 Å². The number of nitrogens with one attached hydrogen (secondary N) is 2. The molecule has 0 bridgehead atoms. The molecule has 0 atom stereocenters. The smallest absolute Gasteiger partial charge is 0.230 e. The van der Waals surface area contributed by atoms with Gasteiger partial charge in [0.1, 0.15) is 11.5 Å². The van der Waals surface area contributed by atoms with E-state index in [0.717, 1.165) is 16.9 Å². The third kappa shape index (κ3) is 6.24. The number of carbonyl (C=O) groups excluding carboxylic acids is 1. The minimum Gasteiger partial charge on any atom is -0.497 e. The largest absolute Gasteiger partial charge is 0.497 e. The molecule has 202 valence electrons. The number of nitrogens with zero attached hydrogens (tertiary/aromatic N) is 3. The van der Waals surface area contributed by atoms with E-state index in [9.17, 15) is 4.79 Å². The van der Waals surface area contributed by atoms with Crippen molar-refractivity contribution >= 4 is 40.0 Å². The van der Waals surface area contributed by atoms with Crippen molar-refractivity contribution in [2.24, 2.45) is 0 Å². The molecule has 2 aromatic heterocycles. The van der Waals surface area contributed by atoms with Crippen molar-refractivity contribution in [3.05, 3.63) is 108 Å². The number of rotatable bonds is 8. The number of aryl methyl sites for hydroxylation is 1. The van der Waals surface area contributed by atoms with Gasteiger partial charge in [0.25, 0.3) is 0 Å². The fourth-order valence-corrected chi connectivity index (χ4v) is 4.47. The molecule has 2 heterocycles. The molecule has 0 unspecified atom stereocenters. The van der Waals surface area contributed by atoms with E-state index in [4.69, 9.17) is 21.7 Å². The van der Waals surface area contributed by atoms with Crippen molar-refractivity contribution in [2.75, 3.05) is 12.4 Å². The molecule has 0 aliphatic carbocycles. The number of hydrogen-bond acceptors (Lipinski definition) is 6. The monoisotopic (exact) mass is 555 g/mol. The Kier molecular flexibility index (Phi) is 7.97. The summed E-state index contributed by atoms with van der Waals surface area (Å²) in [7, 11) is 1.63. The Hall–Kier alpha value is -4.83. The highest BCUT2D eigenvalue weighted by Gasteiger charge is 2.17. The fourth-order valence-electron chi connectivity index (χ4n) is 4.24. The van der Waals surface area contributed by atoms with E-state index in [-0.39, 0.29) is 23.2 Å². The average Bonchev–Trinajstić information content (AvgIpc) is 3.26. The average molecular weight is 556 g/mol. The van der Waals surface area contributed by atoms with Gasteiger partial charge in [-0.3, -0.25) is 4.79 Å². The van der Waals surface area contributed by atoms with E-state index in [1.54, 1.807) is 30.1 Å². The van der Waals surface area contributed by atoms with Crippen LogP contribution in [-0.4, -0.2) is 32.9 Å². The molecular weight excluding hydrogens is 529 g/mol. The van der Waals surface area contributed by atoms with E-state index in [1.165, 1.54) is 12.1 Å². The number of hydrogen-bond donors (Lipinski definition) is 2. The zero-order chi connectivity index (χ0) is 28.1. The summed E-state index contributed by atoms with van der Waals surface area (Å²) in [6.45, 7) is 2.36. The molecule has 0 aliphatic heterocycles. The Balaban J connectivity index is 1.27. The van der Waals surface area contributed by atoms with Crippen LogP contribution >= 0.6 is 12.2 Å². The molecule has 2 N–H and O–H groups in total. The first kappa shape index (κ1) is 26.8. The second-order valence-corrected chi connectivity index (χ2v) is 9.42. The van der Waals surface area contributed by atoms with Crippen LogP contribution in [0.1, 0.15) is 16.8 Å². The number of anilines is 1. The first-order valence-corrected chi connectivity index (χ1v) is 12.9. The van der Waals surface area contributed by atoms with Gasteiger partial charge < -0.3 is 20.1 Å². The number of amides is 1. The number of pyridine rings is 1. The Morgan fingerprint density at radius 2 is 1.77 bits per heavy atom. The minimum absolute atomic E-state index is 0.0272. The van der Waals surface area contributed by atoms with Gasteiger partial charge in [-0.2, -0.15) is 5.10 Å². The number of fused-ring (bicyclic) bond motifs is 1. The van der Waals surface area contributed by atoms with Gasteiger partial charge in [0.2, 0.25) is 5.91 Å². The van der Waals surface area contributed by atoms with Crippen LogP contribution < -0.4 is 20.1 Å². The van der Waals surface area contributed by atoms with Crippen molar-refractivity contribution in [3.8, 4) is 17.2 Å². The molecule has 0 saturated carbocycles. The number of thiocarbonyl (C=S) groups is 1. The maximum absolute atomic E-state index is 15.0. The number of methoxy groups -OCH3 is 1. The Labute approximate surface area is 235 Å². The van der Waals surface area contributed by atoms with Crippen LogP contribution in [0.25, 0.3) is 11.0 Å². The Morgan fingerprint density at radius 1 is 1.00 bits per heavy atom. The molecular formula is C30H26FN5O3S. The molecule has 1 amide bonds. The summed E-state index contributed by atoms with van der Waals surface area (Å²) in [5, 5.41) is 10.9. The number of benzene rings is 3. The topological polar surface area (TPSA) is 90.3 Å². The third-order valence-electron chi connectivity index (χ3n) is 6.13. The van der Waals surface area contributed by atoms with E-state index >= 15 is 4.39 Å². The third-order valence-corrected chi connectivity index (χ3v) is 6.34. The molecule has 0 saturated heterocycles. The van der Waals surface area contributed by atoms with Gasteiger partial charge >= 0.3 is 0 Å². The summed E-state index contributed by atoms with van der Waals surface area (Å²) in [5.41, 5.74) is 3.60. The Bertz CT molecular complexity index is 1670. The second-order valence-electron chi connectivity index (χ2n) is 9.01. The van der Waals surface area contributed by atoms with Gasteiger partial charge in [0.05, 0.1) is 31.2 Å². The second kappa shape index (κ2) is 11.9. The predicted octanol–water partition coefficient (Wildman–Crippen LogP) is 5.78. The maximum atomic E-state index is 15.0. The van der Waals surface area contributed by atoms with Crippen LogP contribution in [0.4, 0.5) is 10.1 Å². The van der Waals surface area contributed by atoms with Crippen LogP contribution in [-0.2, 0) is 17.8 Å². The number of ether oxygens (including phenoxy) is 2. The van der Waals surface area contributed by atoms with E-state index in [1.807, 2.05) is 61.5 Å². The van der Waals surface area contributed by atoms with Crippen LogP contribution in [0.15, 0.2) is 85.1 Å². The quantitative estimate of drug-likeness (QED) is 0.235. The molecule has 40 heavy (non-hydrogen) atoms. The van der Waals surface area contributed by atoms with Gasteiger partial charge in [-0.1, -0.05) is 42.5 Å². The number of aromatic nitrogens is 3. The fraction of sp³-hybridized carbons (Fsp3) is 0.133. The van der Waals surface area contributed by atoms with E-state index in [2.05, 4.69) is 20.7 Å². The molecule has 8 nitrogen and oxygen atoms in total. The van der Waals surface area contributed by atoms with Crippen molar-refractivity contribution < 1.29 is 18.7 Å². The molecule has 0 radical (unpaired) electrons. The summed E-state index contributed by atoms with van der Waals surface area (Å²) >= 11 is 5.22. The van der Waals surface area contributed by atoms with Crippen LogP contribution in [0.2, 0.25) is 0 Å². The molecule has 0 fully saturated rings. The van der Waals surface area contributed by atoms with Crippen molar-refractivity contribution in [1.29, 1.82) is 0 Å². The summed E-state index contributed by atoms with van der Waals surface area (Å²) < 4.78 is 28.0. The van der Waals surface area contributed by atoms with Gasteiger partial charge in [-0.15, -0.1) is 0 Å². The summed E-state index contributed by atoms with van der Waals surface area (Å²) in [4.78, 5) is 16.7. The summed E-state index contributed by atoms with van der Waals surface area (Å²) in [5.74, 6) is 0.369. The first-order chi connectivity index (χ1) is 19.4. The van der Waals surface area contributed by atoms with Crippen molar-refractivity contribution in [3.63, 3.8) is 0 Å². The standard InChI is InChI=1S/C30H26FN5O3S/c1-19-28-26(14-15-32-29(28)36(35-19)18-21-8-11-23(38-2)12-9-21)39-25-13-10-22(17-24(25)31)33-30(40)34-27(37)16-20-6-4-3-5-7-20/h3-15,17H,16,18H2,1-2H3,(H2,33,34,37,40). The van der Waals surface area contributed by atoms with E-state index in [0.29, 0.717) is 34.7 Å². The maximum Gasteiger partial charge on any atom is 0.230 e. The Morgan fingerprint density at radius 3 is 2.50 bits per heavy atom. The van der Waals surface area contributed by atoms with Gasteiger partial charge in [0.15, 0.2) is 22.3 Å². The highest BCUT2D eigenvalue weighted by Crippen LogP contribution is 2.33. The van der Waals surface area contributed by atoms with Gasteiger partial charge in [0, 0.05) is 18.0 Å². The zero-order valence-electron chi connectivity index (χ0n) is 21.8. The number of carbonyl (C=O) groups is 1. The lowest BCUT2D eigenvalue weighted by Gasteiger charge is -2.12. The lowest BCUT2D eigenvalue weighted by molar-refractivity contribution is -0.119. The lowest BCUT2D eigenvalue weighted by atomic mass is 10.1. The first-order valence-electron chi connectivity index (χ1n) is 12.5. The highest BCUT2D eigenvalue weighted by molar-refractivity contribution is 7.80. The molecule has 3 aromatic carbocycles. The van der Waals surface area contributed by atoms with E-state index < -0.39 is 5.82 Å². The van der Waals surface area contributed by atoms with Crippen LogP contribution in [0.3, 0.4) is 0 Å². The summed E-state index contributed by atoms with van der Waals surface area (Å²) in [6, 6.07) is 23.1. The molecule has 10 heteroatoms. The van der Waals surface area contributed by atoms with Crippen LogP contribution in [0.5, 0.6) is 17.2 Å². The van der Waals surface area contributed by atoms with Gasteiger partial charge in [-0.25, -0.2) is 14.1 Å². The molecule has 5 rings (SSSR count). The molecule has 5 aromatic rings.